The highest BCUT2D eigenvalue weighted by Gasteiger charge is 2.27. The molecule has 0 saturated heterocycles. The molecular weight excluding hydrogens is 1020 g/mol. The summed E-state index contributed by atoms with van der Waals surface area (Å²) in [7, 11) is 0. The highest BCUT2D eigenvalue weighted by atomic mass is 35.5. The summed E-state index contributed by atoms with van der Waals surface area (Å²) in [6.45, 7) is 7.49. The Balaban J connectivity index is 0.000000373. The minimum Gasteiger partial charge on any atom is -0.394 e. The van der Waals surface area contributed by atoms with E-state index < -0.39 is 97.9 Å². The van der Waals surface area contributed by atoms with Crippen molar-refractivity contribution in [3.05, 3.63) is 134 Å². The number of aliphatic hydroxyl groups is 2. The zero-order valence-corrected chi connectivity index (χ0v) is 40.3. The second kappa shape index (κ2) is 27.6. The molecule has 23 nitrogen and oxygen atoms in total. The van der Waals surface area contributed by atoms with Gasteiger partial charge >= 0.3 is 0 Å². The number of hydrogen-bond acceptors (Lipinski definition) is 13. The summed E-state index contributed by atoms with van der Waals surface area (Å²) >= 11 is 11.5. The molecule has 0 bridgehead atoms. The van der Waals surface area contributed by atoms with Crippen LogP contribution in [0.15, 0.2) is 72.8 Å². The Hall–Kier alpha value is -8.12. The van der Waals surface area contributed by atoms with Crippen LogP contribution in [-0.4, -0.2) is 130 Å². The minimum atomic E-state index is -0.874. The van der Waals surface area contributed by atoms with Gasteiger partial charge in [-0.1, -0.05) is 61.0 Å². The van der Waals surface area contributed by atoms with Crippen molar-refractivity contribution in [2.45, 2.75) is 59.5 Å². The Morgan fingerprint density at radius 2 is 1.08 bits per heavy atom. The van der Waals surface area contributed by atoms with Gasteiger partial charge in [-0.15, -0.1) is 0 Å². The number of halogens is 4. The number of fused-ring (bicyclic) bond motifs is 2. The number of nitrogens with zero attached hydrogens (tertiary/aromatic N) is 7. The first kappa shape index (κ1) is 60.2. The van der Waals surface area contributed by atoms with E-state index >= 15 is 0 Å². The van der Waals surface area contributed by atoms with E-state index in [1.54, 1.807) is 19.1 Å². The third-order valence-corrected chi connectivity index (χ3v) is 11.4. The van der Waals surface area contributed by atoms with Gasteiger partial charge in [-0.3, -0.25) is 53.4 Å². The van der Waals surface area contributed by atoms with Crippen LogP contribution in [0, 0.1) is 18.2 Å². The van der Waals surface area contributed by atoms with Gasteiger partial charge in [0.05, 0.1) is 66.0 Å². The summed E-state index contributed by atoms with van der Waals surface area (Å²) < 4.78 is 30.6. The fourth-order valence-corrected chi connectivity index (χ4v) is 7.36. The smallest absolute Gasteiger partial charge is 0.269 e. The van der Waals surface area contributed by atoms with E-state index in [2.05, 4.69) is 25.7 Å². The van der Waals surface area contributed by atoms with E-state index in [1.165, 1.54) is 77.0 Å². The molecule has 6 rings (SSSR count). The normalized spacial score (nSPS) is 11.3. The van der Waals surface area contributed by atoms with Crippen molar-refractivity contribution >= 4 is 92.0 Å². The van der Waals surface area contributed by atoms with E-state index in [4.69, 9.17) is 57.5 Å². The quantitative estimate of drug-likeness (QED) is 0.0320. The number of nitrogens with one attached hydrogen (secondary N) is 2. The molecule has 0 aliphatic rings. The van der Waals surface area contributed by atoms with Gasteiger partial charge < -0.3 is 47.8 Å². The zero-order valence-electron chi connectivity index (χ0n) is 38.8. The number of primary amides is 3. The Morgan fingerprint density at radius 3 is 1.46 bits per heavy atom. The molecule has 0 fully saturated rings. The molecular formula is C47H52Cl2F2N12O11. The third-order valence-electron chi connectivity index (χ3n) is 10.8. The van der Waals surface area contributed by atoms with Crippen molar-refractivity contribution in [3.8, 4) is 0 Å². The largest absolute Gasteiger partial charge is 0.394 e. The molecule has 0 unspecified atom stereocenters. The van der Waals surface area contributed by atoms with Crippen molar-refractivity contribution in [3.63, 3.8) is 0 Å². The molecule has 27 heteroatoms. The van der Waals surface area contributed by atoms with Crippen LogP contribution in [0.5, 0.6) is 0 Å². The van der Waals surface area contributed by atoms with Crippen LogP contribution in [-0.2, 0) is 45.4 Å². The van der Waals surface area contributed by atoms with Gasteiger partial charge in [-0.05, 0) is 56.3 Å². The molecule has 74 heavy (non-hydrogen) atoms. The van der Waals surface area contributed by atoms with Gasteiger partial charge in [0, 0.05) is 40.6 Å². The highest BCUT2D eigenvalue weighted by molar-refractivity contribution is 6.31. The van der Waals surface area contributed by atoms with Crippen molar-refractivity contribution in [2.24, 2.45) is 17.2 Å². The summed E-state index contributed by atoms with van der Waals surface area (Å²) in [6, 6.07) is 16.1. The van der Waals surface area contributed by atoms with E-state index in [0.717, 1.165) is 9.80 Å². The average Bonchev–Trinajstić information content (AvgIpc) is 3.93. The van der Waals surface area contributed by atoms with Gasteiger partial charge in [0.1, 0.15) is 24.7 Å². The fourth-order valence-electron chi connectivity index (χ4n) is 6.97. The summed E-state index contributed by atoms with van der Waals surface area (Å²) in [6.07, 6.45) is 0. The van der Waals surface area contributed by atoms with Crippen molar-refractivity contribution < 1.29 is 63.1 Å². The number of nitrogens with two attached hydrogens (primary N) is 3. The van der Waals surface area contributed by atoms with Gasteiger partial charge in [-0.25, -0.2) is 13.6 Å². The van der Waals surface area contributed by atoms with Crippen molar-refractivity contribution in [2.75, 3.05) is 26.3 Å². The number of hydrogen-bond donors (Lipinski definition) is 9. The predicted octanol–water partition coefficient (Wildman–Crippen LogP) is 3.21. The van der Waals surface area contributed by atoms with Crippen molar-refractivity contribution in [1.29, 1.82) is 0 Å². The number of carbonyl (C=O) groups is 7. The molecule has 4 aromatic carbocycles. The summed E-state index contributed by atoms with van der Waals surface area (Å²) in [5.41, 5.74) is 17.3. The molecule has 2 aromatic heterocycles. The van der Waals surface area contributed by atoms with E-state index in [9.17, 15) is 52.6 Å². The molecule has 394 valence electrons. The Bertz CT molecular complexity index is 3090. The number of aliphatic hydroxyl groups excluding tert-OH is 2. The summed E-state index contributed by atoms with van der Waals surface area (Å²) in [5.74, 6) is -6.07. The van der Waals surface area contributed by atoms with E-state index in [0.29, 0.717) is 16.4 Å². The predicted molar refractivity (Wildman–Crippen MR) is 266 cm³/mol. The number of benzene rings is 4. The maximum atomic E-state index is 14.1. The maximum Gasteiger partial charge on any atom is 0.269 e. The highest BCUT2D eigenvalue weighted by Crippen LogP contribution is 2.26. The lowest BCUT2D eigenvalue weighted by molar-refractivity contribution is -0.176. The molecule has 12 N–H and O–H groups in total. The number of aromatic nitrogens is 4. The van der Waals surface area contributed by atoms with Crippen LogP contribution >= 0.6 is 23.2 Å². The monoisotopic (exact) mass is 1070 g/mol. The fraction of sp³-hybridized carbons (Fsp3) is 0.277. The van der Waals surface area contributed by atoms with Gasteiger partial charge in [0.25, 0.3) is 11.8 Å². The maximum absolute atomic E-state index is 14.1. The minimum absolute atomic E-state index is 0. The summed E-state index contributed by atoms with van der Waals surface area (Å²) in [4.78, 5) is 92.1. The Kier molecular flexibility index (Phi) is 22.5. The van der Waals surface area contributed by atoms with Crippen LogP contribution in [0.25, 0.3) is 26.7 Å². The van der Waals surface area contributed by atoms with Crippen LogP contribution in [0.3, 0.4) is 0 Å². The topological polar surface area (TPSA) is 349 Å². The third kappa shape index (κ3) is 15.0. The second-order valence-electron chi connectivity index (χ2n) is 15.7. The molecule has 6 aromatic rings. The lowest BCUT2D eigenvalue weighted by atomic mass is 10.1. The lowest BCUT2D eigenvalue weighted by Crippen LogP contribution is -2.47. The molecule has 0 spiro atoms. The van der Waals surface area contributed by atoms with Crippen molar-refractivity contribution in [1.82, 2.24) is 40.0 Å². The molecule has 7 amide bonds. The Labute approximate surface area is 430 Å². The van der Waals surface area contributed by atoms with Crippen LogP contribution in [0.2, 0.25) is 10.0 Å². The zero-order chi connectivity index (χ0) is 54.3. The lowest BCUT2D eigenvalue weighted by Gasteiger charge is -2.27. The molecule has 2 atom stereocenters. The standard InChI is InChI=1S/C23H24ClFN6O5.C23H22ClFN6O4.CH4.H2O2/c1-12(11-32)30(9-18(33)28-8-14-3-2-4-16(24)20(14)25)19(34)10-31-17-6-5-13(22(26)35)7-15(17)21(29-31)23(27)36;1-13(12-32)30(10-19(33)28-9-14-4-3-5-17(24)21(14)25)20(34)11-31-18-7-6-15(27-2)8-16(18)22(29-31)23(26)35;;1-2/h2-7,12,32H,8-11H2,1H3,(H2,26,35)(H2,27,36)(H,28,33);3-8,13,32H,9-12H2,1H3,(H2,26,35)(H,28,33);1H4;1-2H/t12-;13-;;/m11../s1. The van der Waals surface area contributed by atoms with Gasteiger partial charge in [0.2, 0.25) is 29.5 Å². The average molecular weight is 1070 g/mol. The number of carbonyl (C=O) groups excluding carboxylic acids is 7. The van der Waals surface area contributed by atoms with E-state index in [1.807, 2.05) is 0 Å². The first-order valence-corrected chi connectivity index (χ1v) is 22.1. The van der Waals surface area contributed by atoms with Crippen LogP contribution in [0.1, 0.15) is 63.7 Å². The molecule has 0 radical (unpaired) electrons. The van der Waals surface area contributed by atoms with E-state index in [-0.39, 0.29) is 76.3 Å². The molecule has 2 heterocycles. The van der Waals surface area contributed by atoms with Crippen LogP contribution < -0.4 is 27.8 Å². The molecule has 0 saturated carbocycles. The SMILES string of the molecule is C.C[C@H](CO)N(CC(=O)NCc1cccc(Cl)c1F)C(=O)Cn1nc(C(N)=O)c2cc(C(N)=O)ccc21.OO.[C-]#[N+]c1ccc2c(c1)c(C(N)=O)nn2CC(=O)N(CC(=O)NCc1cccc(Cl)c1F)[C@H](C)CO. The van der Waals surface area contributed by atoms with Gasteiger partial charge in [0.15, 0.2) is 17.1 Å². The molecule has 0 aliphatic carbocycles. The number of amides is 7. The number of rotatable bonds is 19. The van der Waals surface area contributed by atoms with Crippen LogP contribution in [0.4, 0.5) is 14.5 Å². The Morgan fingerprint density at radius 1 is 0.676 bits per heavy atom. The first-order valence-electron chi connectivity index (χ1n) is 21.4. The molecule has 0 aliphatic heterocycles. The first-order chi connectivity index (χ1) is 34.7. The summed E-state index contributed by atoms with van der Waals surface area (Å²) in [5, 5.41) is 44.9. The van der Waals surface area contributed by atoms with Gasteiger partial charge in [-0.2, -0.15) is 10.2 Å². The second-order valence-corrected chi connectivity index (χ2v) is 16.6.